The van der Waals surface area contributed by atoms with Crippen molar-refractivity contribution in [3.05, 3.63) is 17.5 Å². The highest BCUT2D eigenvalue weighted by Gasteiger charge is 2.12. The van der Waals surface area contributed by atoms with Gasteiger partial charge in [0.05, 0.1) is 0 Å². The van der Waals surface area contributed by atoms with E-state index in [2.05, 4.69) is 16.4 Å². The second-order valence-electron chi connectivity index (χ2n) is 3.49. The van der Waals surface area contributed by atoms with Gasteiger partial charge in [0, 0.05) is 17.7 Å². The summed E-state index contributed by atoms with van der Waals surface area (Å²) in [5.41, 5.74) is 1.30. The molecule has 0 amide bonds. The van der Waals surface area contributed by atoms with E-state index in [0.717, 1.165) is 12.1 Å². The number of nitrogens with one attached hydrogen (secondary N) is 1. The number of alkyl halides is 2. The van der Waals surface area contributed by atoms with Crippen molar-refractivity contribution in [3.63, 3.8) is 0 Å². The molecule has 1 radical (unpaired) electrons. The minimum absolute atomic E-state index is 0.251. The van der Waals surface area contributed by atoms with Crippen LogP contribution in [-0.2, 0) is 12.8 Å². The Kier molecular flexibility index (Phi) is 3.39. The number of nitrogens with zero attached hydrogens (tertiary/aromatic N) is 1. The van der Waals surface area contributed by atoms with Gasteiger partial charge in [-0.15, -0.1) is 0 Å². The van der Waals surface area contributed by atoms with Gasteiger partial charge in [-0.1, -0.05) is 13.8 Å². The Morgan fingerprint density at radius 1 is 1.38 bits per heavy atom. The zero-order chi connectivity index (χ0) is 9.84. The van der Waals surface area contributed by atoms with E-state index >= 15 is 0 Å². The molecule has 0 fully saturated rings. The van der Waals surface area contributed by atoms with Crippen LogP contribution in [0.3, 0.4) is 0 Å². The van der Waals surface area contributed by atoms with Crippen LogP contribution in [0.2, 0.25) is 0 Å². The largest absolute Gasteiger partial charge is 0.282 e. The predicted molar refractivity (Wildman–Crippen MR) is 45.7 cm³/mol. The number of hydrogen-bond acceptors (Lipinski definition) is 1. The highest BCUT2D eigenvalue weighted by atomic mass is 19.3. The fourth-order valence-electron chi connectivity index (χ4n) is 1.20. The molecule has 0 bridgehead atoms. The molecule has 0 atom stereocenters. The van der Waals surface area contributed by atoms with Crippen molar-refractivity contribution in [2.75, 3.05) is 0 Å². The standard InChI is InChI=1S/C9H13F2N2/c1-6(2)3-8-7(4-9(10)11)5-12-13-8/h6,9H,3-4H2,1-2H3,(H,12,13). The van der Waals surface area contributed by atoms with E-state index in [0.29, 0.717) is 11.5 Å². The van der Waals surface area contributed by atoms with Crippen LogP contribution in [-0.4, -0.2) is 16.6 Å². The van der Waals surface area contributed by atoms with Crippen LogP contribution in [0.25, 0.3) is 0 Å². The van der Waals surface area contributed by atoms with E-state index in [4.69, 9.17) is 0 Å². The maximum atomic E-state index is 12.1. The molecule has 0 aliphatic heterocycles. The van der Waals surface area contributed by atoms with E-state index in [1.165, 1.54) is 0 Å². The normalized spacial score (nSPS) is 11.5. The van der Waals surface area contributed by atoms with Gasteiger partial charge in [-0.3, -0.25) is 5.10 Å². The number of aromatic nitrogens is 2. The molecule has 0 aliphatic carbocycles. The zero-order valence-electron chi connectivity index (χ0n) is 7.77. The summed E-state index contributed by atoms with van der Waals surface area (Å²) in [5, 5.41) is 6.35. The Hall–Kier alpha value is -0.930. The molecular weight excluding hydrogens is 174 g/mol. The summed E-state index contributed by atoms with van der Waals surface area (Å²) in [5.74, 6) is 0.435. The third-order valence-electron chi connectivity index (χ3n) is 1.72. The molecule has 4 heteroatoms. The van der Waals surface area contributed by atoms with Crippen LogP contribution >= 0.6 is 0 Å². The predicted octanol–water partition coefficient (Wildman–Crippen LogP) is 2.22. The lowest BCUT2D eigenvalue weighted by molar-refractivity contribution is 0.148. The monoisotopic (exact) mass is 187 g/mol. The van der Waals surface area contributed by atoms with Crippen LogP contribution in [0.4, 0.5) is 8.78 Å². The summed E-state index contributed by atoms with van der Waals surface area (Å²) in [4.78, 5) is 0. The fourth-order valence-corrected chi connectivity index (χ4v) is 1.20. The van der Waals surface area contributed by atoms with Gasteiger partial charge in [0.1, 0.15) is 6.20 Å². The Morgan fingerprint density at radius 3 is 2.62 bits per heavy atom. The SMILES string of the molecule is CC(C)Cc1[nH]n[c]c1CC(F)F. The fraction of sp³-hybridized carbons (Fsp3) is 0.667. The summed E-state index contributed by atoms with van der Waals surface area (Å²) in [7, 11) is 0. The van der Waals surface area contributed by atoms with Gasteiger partial charge in [0.25, 0.3) is 0 Å². The Balaban J connectivity index is 2.65. The molecule has 13 heavy (non-hydrogen) atoms. The minimum atomic E-state index is -2.32. The van der Waals surface area contributed by atoms with Crippen molar-refractivity contribution < 1.29 is 8.78 Å². The second kappa shape index (κ2) is 4.35. The van der Waals surface area contributed by atoms with Gasteiger partial charge in [-0.2, -0.15) is 5.10 Å². The van der Waals surface area contributed by atoms with Gasteiger partial charge in [0.15, 0.2) is 0 Å². The van der Waals surface area contributed by atoms with Gasteiger partial charge in [-0.05, 0) is 12.3 Å². The van der Waals surface area contributed by atoms with E-state index < -0.39 is 6.43 Å². The summed E-state index contributed by atoms with van der Waals surface area (Å²) in [6, 6.07) is 0. The van der Waals surface area contributed by atoms with Crippen LogP contribution in [0.5, 0.6) is 0 Å². The molecule has 0 aromatic carbocycles. The molecule has 0 aliphatic rings. The lowest BCUT2D eigenvalue weighted by atomic mass is 10.0. The van der Waals surface area contributed by atoms with Gasteiger partial charge in [-0.25, -0.2) is 8.78 Å². The molecule has 1 rings (SSSR count). The molecule has 2 nitrogen and oxygen atoms in total. The zero-order valence-corrected chi connectivity index (χ0v) is 7.77. The maximum absolute atomic E-state index is 12.1. The molecule has 0 unspecified atom stereocenters. The molecule has 0 saturated carbocycles. The number of rotatable bonds is 4. The first-order valence-corrected chi connectivity index (χ1v) is 4.31. The van der Waals surface area contributed by atoms with Crippen LogP contribution in [0.1, 0.15) is 25.1 Å². The van der Waals surface area contributed by atoms with E-state index in [9.17, 15) is 8.78 Å². The highest BCUT2D eigenvalue weighted by Crippen LogP contribution is 2.13. The van der Waals surface area contributed by atoms with Crippen molar-refractivity contribution >= 4 is 0 Å². The smallest absolute Gasteiger partial charge is 0.242 e. The molecule has 1 aromatic heterocycles. The number of hydrogen-bond donors (Lipinski definition) is 1. The van der Waals surface area contributed by atoms with E-state index in [1.807, 2.05) is 13.8 Å². The van der Waals surface area contributed by atoms with Crippen LogP contribution in [0.15, 0.2) is 0 Å². The quantitative estimate of drug-likeness (QED) is 0.769. The summed E-state index contributed by atoms with van der Waals surface area (Å²) in [6.07, 6.45) is 0.734. The summed E-state index contributed by atoms with van der Waals surface area (Å²) >= 11 is 0. The van der Waals surface area contributed by atoms with Crippen LogP contribution < -0.4 is 0 Å². The van der Waals surface area contributed by atoms with Crippen molar-refractivity contribution in [3.8, 4) is 0 Å². The van der Waals surface area contributed by atoms with Crippen molar-refractivity contribution in [1.82, 2.24) is 10.2 Å². The lowest BCUT2D eigenvalue weighted by Crippen LogP contribution is -2.02. The second-order valence-corrected chi connectivity index (χ2v) is 3.49. The van der Waals surface area contributed by atoms with Crippen molar-refractivity contribution in [2.24, 2.45) is 5.92 Å². The molecule has 0 spiro atoms. The van der Waals surface area contributed by atoms with E-state index in [-0.39, 0.29) is 6.42 Å². The summed E-state index contributed by atoms with van der Waals surface area (Å²) < 4.78 is 24.1. The minimum Gasteiger partial charge on any atom is -0.282 e. The van der Waals surface area contributed by atoms with Gasteiger partial charge in [0.2, 0.25) is 6.43 Å². The number of H-pyrrole nitrogens is 1. The Morgan fingerprint density at radius 2 is 2.08 bits per heavy atom. The van der Waals surface area contributed by atoms with Crippen LogP contribution in [0, 0.1) is 12.1 Å². The third kappa shape index (κ3) is 3.13. The third-order valence-corrected chi connectivity index (χ3v) is 1.72. The molecule has 1 N–H and O–H groups in total. The number of aromatic amines is 1. The maximum Gasteiger partial charge on any atom is 0.242 e. The molecule has 73 valence electrons. The van der Waals surface area contributed by atoms with Crippen molar-refractivity contribution in [2.45, 2.75) is 33.1 Å². The Bertz CT molecular complexity index is 231. The first-order valence-electron chi connectivity index (χ1n) is 4.31. The molecule has 0 saturated heterocycles. The van der Waals surface area contributed by atoms with Crippen molar-refractivity contribution in [1.29, 1.82) is 0 Å². The Labute approximate surface area is 76.3 Å². The van der Waals surface area contributed by atoms with E-state index in [1.54, 1.807) is 0 Å². The molecule has 1 aromatic rings. The molecule has 1 heterocycles. The molecular formula is C9H13F2N2. The lowest BCUT2D eigenvalue weighted by Gasteiger charge is -2.04. The topological polar surface area (TPSA) is 28.7 Å². The van der Waals surface area contributed by atoms with Gasteiger partial charge >= 0.3 is 0 Å². The average molecular weight is 187 g/mol. The summed E-state index contributed by atoms with van der Waals surface area (Å²) in [6.45, 7) is 4.07. The average Bonchev–Trinajstić information content (AvgIpc) is 2.34. The highest BCUT2D eigenvalue weighted by molar-refractivity contribution is 5.16. The number of halogens is 2. The first-order chi connectivity index (χ1) is 6.09. The first kappa shape index (κ1) is 10.2. The van der Waals surface area contributed by atoms with Gasteiger partial charge < -0.3 is 0 Å².